The van der Waals surface area contributed by atoms with E-state index in [1.54, 1.807) is 19.1 Å². The van der Waals surface area contributed by atoms with Crippen LogP contribution in [0.15, 0.2) is 78.4 Å². The van der Waals surface area contributed by atoms with Gasteiger partial charge in [0.1, 0.15) is 17.9 Å². The number of hydrogen-bond acceptors (Lipinski definition) is 4. The van der Waals surface area contributed by atoms with Crippen molar-refractivity contribution < 1.29 is 19.1 Å². The van der Waals surface area contributed by atoms with Crippen molar-refractivity contribution >= 4 is 52.0 Å². The predicted molar refractivity (Wildman–Crippen MR) is 149 cm³/mol. The number of benzene rings is 4. The first-order valence-corrected chi connectivity index (χ1v) is 12.5. The molecule has 1 aliphatic heterocycles. The van der Waals surface area contributed by atoms with Gasteiger partial charge in [-0.25, -0.2) is 9.69 Å². The molecule has 6 nitrogen and oxygen atoms in total. The number of fused-ring (bicyclic) bond motifs is 1. The molecule has 0 saturated carbocycles. The minimum Gasteiger partial charge on any atom is -0.488 e. The first-order valence-electron chi connectivity index (χ1n) is 12.1. The molecule has 0 unspecified atom stereocenters. The number of nitrogens with zero attached hydrogens (tertiary/aromatic N) is 1. The zero-order chi connectivity index (χ0) is 27.0. The summed E-state index contributed by atoms with van der Waals surface area (Å²) in [4.78, 5) is 40.2. The van der Waals surface area contributed by atoms with Crippen molar-refractivity contribution in [3.63, 3.8) is 0 Å². The van der Waals surface area contributed by atoms with Crippen LogP contribution in [0.1, 0.15) is 27.8 Å². The second-order valence-corrected chi connectivity index (χ2v) is 9.81. The summed E-state index contributed by atoms with van der Waals surface area (Å²) in [6, 6.07) is 21.7. The van der Waals surface area contributed by atoms with Gasteiger partial charge in [-0.3, -0.25) is 14.9 Å². The lowest BCUT2D eigenvalue weighted by molar-refractivity contribution is -0.122. The van der Waals surface area contributed by atoms with Crippen LogP contribution < -0.4 is 15.0 Å². The largest absolute Gasteiger partial charge is 0.488 e. The monoisotopic (exact) mass is 524 g/mol. The zero-order valence-electron chi connectivity index (χ0n) is 21.2. The second-order valence-electron chi connectivity index (χ2n) is 9.37. The summed E-state index contributed by atoms with van der Waals surface area (Å²) in [7, 11) is 0. The van der Waals surface area contributed by atoms with E-state index in [9.17, 15) is 14.4 Å². The number of carbonyl (C=O) groups excluding carboxylic acids is 3. The van der Waals surface area contributed by atoms with Gasteiger partial charge in [-0.05, 0) is 66.9 Å². The molecule has 4 aromatic rings. The molecule has 1 fully saturated rings. The Bertz CT molecular complexity index is 1640. The minimum absolute atomic E-state index is 0.184. The van der Waals surface area contributed by atoms with Crippen LogP contribution in [0.25, 0.3) is 16.8 Å². The number of amides is 4. The lowest BCUT2D eigenvalue weighted by atomic mass is 9.99. The molecular weight excluding hydrogens is 500 g/mol. The lowest BCUT2D eigenvalue weighted by Crippen LogP contribution is -2.54. The van der Waals surface area contributed by atoms with Crippen molar-refractivity contribution in [1.29, 1.82) is 0 Å². The van der Waals surface area contributed by atoms with E-state index >= 15 is 0 Å². The maximum Gasteiger partial charge on any atom is 0.335 e. The van der Waals surface area contributed by atoms with Crippen LogP contribution in [-0.2, 0) is 16.2 Å². The molecule has 4 aromatic carbocycles. The van der Waals surface area contributed by atoms with Crippen LogP contribution in [0, 0.1) is 20.8 Å². The summed E-state index contributed by atoms with van der Waals surface area (Å²) in [6.07, 6.45) is 1.50. The molecular formula is C31H25ClN2O4. The Labute approximate surface area is 225 Å². The van der Waals surface area contributed by atoms with E-state index in [1.807, 2.05) is 50.2 Å². The van der Waals surface area contributed by atoms with E-state index in [4.69, 9.17) is 16.3 Å². The average Bonchev–Trinajstić information content (AvgIpc) is 2.87. The number of rotatable bonds is 5. The summed E-state index contributed by atoms with van der Waals surface area (Å²) < 4.78 is 6.24. The summed E-state index contributed by atoms with van der Waals surface area (Å²) in [5.41, 5.74) is 4.63. The molecule has 5 rings (SSSR count). The van der Waals surface area contributed by atoms with Gasteiger partial charge >= 0.3 is 6.03 Å². The van der Waals surface area contributed by atoms with E-state index in [2.05, 4.69) is 23.5 Å². The predicted octanol–water partition coefficient (Wildman–Crippen LogP) is 6.66. The maximum atomic E-state index is 13.6. The van der Waals surface area contributed by atoms with Crippen molar-refractivity contribution in [2.45, 2.75) is 27.4 Å². The molecule has 1 saturated heterocycles. The molecule has 0 bridgehead atoms. The number of imide groups is 2. The van der Waals surface area contributed by atoms with Crippen molar-refractivity contribution in [2.75, 3.05) is 4.90 Å². The van der Waals surface area contributed by atoms with Crippen LogP contribution in [0.3, 0.4) is 0 Å². The van der Waals surface area contributed by atoms with Gasteiger partial charge in [-0.1, -0.05) is 77.3 Å². The summed E-state index contributed by atoms with van der Waals surface area (Å²) >= 11 is 6.15. The van der Waals surface area contributed by atoms with Crippen LogP contribution in [0.2, 0.25) is 5.02 Å². The molecule has 190 valence electrons. The number of nitrogens with one attached hydrogen (secondary N) is 1. The van der Waals surface area contributed by atoms with Crippen LogP contribution in [0.5, 0.6) is 5.75 Å². The van der Waals surface area contributed by atoms with Gasteiger partial charge in [0.2, 0.25) is 0 Å². The van der Waals surface area contributed by atoms with E-state index in [0.717, 1.165) is 32.4 Å². The van der Waals surface area contributed by atoms with Gasteiger partial charge in [0.15, 0.2) is 0 Å². The molecule has 1 heterocycles. The smallest absolute Gasteiger partial charge is 0.335 e. The maximum absolute atomic E-state index is 13.6. The highest BCUT2D eigenvalue weighted by atomic mass is 35.5. The first-order chi connectivity index (χ1) is 18.2. The highest BCUT2D eigenvalue weighted by Gasteiger charge is 2.37. The van der Waals surface area contributed by atoms with E-state index in [1.165, 1.54) is 12.1 Å². The second kappa shape index (κ2) is 10.1. The van der Waals surface area contributed by atoms with Gasteiger partial charge < -0.3 is 4.74 Å². The van der Waals surface area contributed by atoms with Crippen LogP contribution in [0.4, 0.5) is 10.5 Å². The standard InChI is InChI=1S/C31H25ClN2O4/c1-18-12-19(2)14-21(13-18)17-38-28-11-9-22-6-4-5-7-24(22)25(28)16-26-29(35)33-31(37)34(30(26)36)27-15-23(32)10-8-20(27)3/h4-16H,17H2,1-3H3,(H,33,35,37)/b26-16+. The summed E-state index contributed by atoms with van der Waals surface area (Å²) in [5, 5.41) is 4.38. The number of anilines is 1. The molecule has 1 N–H and O–H groups in total. The Morgan fingerprint density at radius 1 is 0.895 bits per heavy atom. The van der Waals surface area contributed by atoms with Gasteiger partial charge in [0, 0.05) is 10.6 Å². The van der Waals surface area contributed by atoms with Crippen molar-refractivity contribution in [3.05, 3.63) is 111 Å². The summed E-state index contributed by atoms with van der Waals surface area (Å²) in [6.45, 7) is 6.13. The molecule has 0 atom stereocenters. The summed E-state index contributed by atoms with van der Waals surface area (Å²) in [5.74, 6) is -1.00. The molecule has 1 aliphatic rings. The lowest BCUT2D eigenvalue weighted by Gasteiger charge is -2.28. The molecule has 38 heavy (non-hydrogen) atoms. The Hall–Kier alpha value is -4.42. The fraction of sp³-hybridized carbons (Fsp3) is 0.129. The number of carbonyl (C=O) groups is 3. The third-order valence-corrected chi connectivity index (χ3v) is 6.64. The first kappa shape index (κ1) is 25.2. The van der Waals surface area contributed by atoms with E-state index in [0.29, 0.717) is 34.2 Å². The van der Waals surface area contributed by atoms with E-state index < -0.39 is 17.8 Å². The fourth-order valence-electron chi connectivity index (χ4n) is 4.71. The number of halogens is 1. The Kier molecular flexibility index (Phi) is 6.74. The SMILES string of the molecule is Cc1cc(C)cc(COc2ccc3ccccc3c2/C=C2\C(=O)NC(=O)N(c3cc(Cl)ccc3C)C2=O)c1. The number of urea groups is 1. The molecule has 0 aromatic heterocycles. The van der Waals surface area contributed by atoms with Crippen LogP contribution in [-0.4, -0.2) is 17.8 Å². The van der Waals surface area contributed by atoms with Gasteiger partial charge in [0.05, 0.1) is 5.69 Å². The fourth-order valence-corrected chi connectivity index (χ4v) is 4.87. The third-order valence-electron chi connectivity index (χ3n) is 6.41. The van der Waals surface area contributed by atoms with Gasteiger partial charge in [0.25, 0.3) is 11.8 Å². The highest BCUT2D eigenvalue weighted by Crippen LogP contribution is 2.33. The Morgan fingerprint density at radius 3 is 2.39 bits per heavy atom. The minimum atomic E-state index is -0.827. The molecule has 7 heteroatoms. The van der Waals surface area contributed by atoms with Crippen LogP contribution >= 0.6 is 11.6 Å². The Morgan fingerprint density at radius 2 is 1.63 bits per heavy atom. The quantitative estimate of drug-likeness (QED) is 0.234. The van der Waals surface area contributed by atoms with Gasteiger partial charge in [-0.15, -0.1) is 0 Å². The van der Waals surface area contributed by atoms with E-state index in [-0.39, 0.29) is 5.57 Å². The third kappa shape index (κ3) is 4.91. The zero-order valence-corrected chi connectivity index (χ0v) is 21.9. The molecule has 0 aliphatic carbocycles. The number of aryl methyl sites for hydroxylation is 3. The highest BCUT2D eigenvalue weighted by molar-refractivity contribution is 6.40. The molecule has 0 radical (unpaired) electrons. The molecule has 0 spiro atoms. The average molecular weight is 525 g/mol. The van der Waals surface area contributed by atoms with Crippen molar-refractivity contribution in [2.24, 2.45) is 0 Å². The topological polar surface area (TPSA) is 75.7 Å². The Balaban J connectivity index is 1.60. The number of ether oxygens (including phenoxy) is 1. The van der Waals surface area contributed by atoms with Crippen molar-refractivity contribution in [3.8, 4) is 5.75 Å². The van der Waals surface area contributed by atoms with Crippen molar-refractivity contribution in [1.82, 2.24) is 5.32 Å². The number of barbiturate groups is 1. The molecule has 4 amide bonds. The van der Waals surface area contributed by atoms with Gasteiger partial charge in [-0.2, -0.15) is 0 Å². The normalized spacial score (nSPS) is 14.8. The number of hydrogen-bond donors (Lipinski definition) is 1.